The van der Waals surface area contributed by atoms with Crippen LogP contribution in [0.5, 0.6) is 0 Å². The number of hydrogen-bond donors (Lipinski definition) is 2. The molecule has 0 radical (unpaired) electrons. The Bertz CT molecular complexity index is 714. The molecule has 0 unspecified atom stereocenters. The zero-order chi connectivity index (χ0) is 15.4. The number of nitriles is 1. The van der Waals surface area contributed by atoms with Crippen molar-refractivity contribution in [1.29, 1.82) is 5.26 Å². The Morgan fingerprint density at radius 2 is 2.05 bits per heavy atom. The van der Waals surface area contributed by atoms with Crippen LogP contribution in [0.3, 0.4) is 0 Å². The summed E-state index contributed by atoms with van der Waals surface area (Å²) in [6.07, 6.45) is 3.65. The lowest BCUT2D eigenvalue weighted by atomic mass is 10.2. The van der Waals surface area contributed by atoms with Gasteiger partial charge in [-0.3, -0.25) is 4.79 Å². The van der Waals surface area contributed by atoms with Gasteiger partial charge in [-0.15, -0.1) is 0 Å². The predicted octanol–water partition coefficient (Wildman–Crippen LogP) is 2.91. The predicted molar refractivity (Wildman–Crippen MR) is 84.1 cm³/mol. The zero-order valence-corrected chi connectivity index (χ0v) is 12.0. The van der Waals surface area contributed by atoms with Crippen LogP contribution in [-0.2, 0) is 11.3 Å². The van der Waals surface area contributed by atoms with Crippen LogP contribution in [0.4, 0.5) is 11.5 Å². The van der Waals surface area contributed by atoms with Gasteiger partial charge in [0.05, 0.1) is 5.56 Å². The summed E-state index contributed by atoms with van der Waals surface area (Å²) in [6.45, 7) is 0.572. The second-order valence-electron chi connectivity index (χ2n) is 5.33. The van der Waals surface area contributed by atoms with Crippen molar-refractivity contribution in [3.05, 3.63) is 53.7 Å². The van der Waals surface area contributed by atoms with E-state index < -0.39 is 0 Å². The monoisotopic (exact) mass is 292 g/mol. The van der Waals surface area contributed by atoms with Gasteiger partial charge in [0.15, 0.2) is 0 Å². The van der Waals surface area contributed by atoms with Gasteiger partial charge in [-0.2, -0.15) is 5.26 Å². The van der Waals surface area contributed by atoms with Crippen molar-refractivity contribution in [2.24, 2.45) is 5.92 Å². The maximum Gasteiger partial charge on any atom is 0.227 e. The summed E-state index contributed by atoms with van der Waals surface area (Å²) in [6, 6.07) is 13.2. The van der Waals surface area contributed by atoms with E-state index in [4.69, 9.17) is 5.26 Å². The highest BCUT2D eigenvalue weighted by Gasteiger charge is 2.29. The van der Waals surface area contributed by atoms with Crippen LogP contribution in [0.2, 0.25) is 0 Å². The van der Waals surface area contributed by atoms with Crippen LogP contribution in [-0.4, -0.2) is 10.9 Å². The molecule has 0 saturated heterocycles. The molecule has 110 valence electrons. The quantitative estimate of drug-likeness (QED) is 0.888. The first-order valence-corrected chi connectivity index (χ1v) is 7.25. The molecule has 1 aromatic heterocycles. The highest BCUT2D eigenvalue weighted by atomic mass is 16.2. The molecule has 3 rings (SSSR count). The molecule has 0 bridgehead atoms. The Balaban J connectivity index is 1.59. The highest BCUT2D eigenvalue weighted by Crippen LogP contribution is 2.30. The number of nitrogens with zero attached hydrogens (tertiary/aromatic N) is 2. The molecule has 0 atom stereocenters. The molecule has 2 N–H and O–H groups in total. The van der Waals surface area contributed by atoms with E-state index in [1.54, 1.807) is 18.3 Å². The number of carbonyl (C=O) groups excluding carboxylic acids is 1. The topological polar surface area (TPSA) is 77.8 Å². The van der Waals surface area contributed by atoms with Gasteiger partial charge in [-0.05, 0) is 42.7 Å². The normalized spacial score (nSPS) is 13.2. The zero-order valence-electron chi connectivity index (χ0n) is 12.0. The fraction of sp³-hybridized carbons (Fsp3) is 0.235. The van der Waals surface area contributed by atoms with Gasteiger partial charge in [-0.1, -0.05) is 12.1 Å². The average Bonchev–Trinajstić information content (AvgIpc) is 3.39. The van der Waals surface area contributed by atoms with Gasteiger partial charge in [0.1, 0.15) is 11.9 Å². The molecular formula is C17H16N4O. The Morgan fingerprint density at radius 1 is 1.27 bits per heavy atom. The van der Waals surface area contributed by atoms with E-state index in [2.05, 4.69) is 21.7 Å². The highest BCUT2D eigenvalue weighted by molar-refractivity contribution is 5.94. The lowest BCUT2D eigenvalue weighted by Gasteiger charge is -2.08. The van der Waals surface area contributed by atoms with E-state index in [9.17, 15) is 4.79 Å². The molecule has 2 aromatic rings. The minimum Gasteiger partial charge on any atom is -0.365 e. The molecule has 0 spiro atoms. The summed E-state index contributed by atoms with van der Waals surface area (Å²) < 4.78 is 0. The number of rotatable bonds is 5. The number of amides is 1. The number of benzene rings is 1. The Hall–Kier alpha value is -2.87. The Morgan fingerprint density at radius 3 is 2.73 bits per heavy atom. The average molecular weight is 292 g/mol. The van der Waals surface area contributed by atoms with Gasteiger partial charge >= 0.3 is 0 Å². The van der Waals surface area contributed by atoms with Crippen molar-refractivity contribution < 1.29 is 4.79 Å². The van der Waals surface area contributed by atoms with Crippen molar-refractivity contribution in [2.75, 3.05) is 10.6 Å². The van der Waals surface area contributed by atoms with Crippen LogP contribution in [0, 0.1) is 17.2 Å². The van der Waals surface area contributed by atoms with Crippen LogP contribution >= 0.6 is 0 Å². The van der Waals surface area contributed by atoms with Crippen LogP contribution in [0.1, 0.15) is 24.0 Å². The molecule has 1 amide bonds. The summed E-state index contributed by atoms with van der Waals surface area (Å²) in [7, 11) is 0. The molecule has 1 saturated carbocycles. The molecular weight excluding hydrogens is 276 g/mol. The number of nitrogens with one attached hydrogen (secondary N) is 2. The summed E-state index contributed by atoms with van der Waals surface area (Å²) in [5, 5.41) is 15.1. The third-order valence-electron chi connectivity index (χ3n) is 3.56. The van der Waals surface area contributed by atoms with Crippen LogP contribution in [0.25, 0.3) is 0 Å². The molecule has 5 nitrogen and oxygen atoms in total. The fourth-order valence-electron chi connectivity index (χ4n) is 2.12. The van der Waals surface area contributed by atoms with E-state index in [1.165, 1.54) is 0 Å². The van der Waals surface area contributed by atoms with E-state index in [1.807, 2.05) is 24.3 Å². The number of anilines is 2. The van der Waals surface area contributed by atoms with Crippen LogP contribution < -0.4 is 10.6 Å². The van der Waals surface area contributed by atoms with E-state index in [0.717, 1.165) is 24.1 Å². The lowest BCUT2D eigenvalue weighted by molar-refractivity contribution is -0.117. The standard InChI is InChI=1S/C17H16N4O/c18-10-14-2-1-9-19-16(14)20-11-12-3-7-15(8-4-12)21-17(22)13-5-6-13/h1-4,7-9,13H,5-6,11H2,(H,19,20)(H,21,22). The molecule has 0 aliphatic heterocycles. The minimum absolute atomic E-state index is 0.109. The Kier molecular flexibility index (Phi) is 4.01. The maximum absolute atomic E-state index is 11.7. The summed E-state index contributed by atoms with van der Waals surface area (Å²) in [5.74, 6) is 0.893. The summed E-state index contributed by atoms with van der Waals surface area (Å²) in [5.41, 5.74) is 2.39. The van der Waals surface area contributed by atoms with Crippen molar-refractivity contribution in [3.8, 4) is 6.07 Å². The number of hydrogen-bond acceptors (Lipinski definition) is 4. The van der Waals surface area contributed by atoms with E-state index >= 15 is 0 Å². The van der Waals surface area contributed by atoms with Gasteiger partial charge in [0.25, 0.3) is 0 Å². The van der Waals surface area contributed by atoms with Crippen molar-refractivity contribution in [3.63, 3.8) is 0 Å². The largest absolute Gasteiger partial charge is 0.365 e. The summed E-state index contributed by atoms with van der Waals surface area (Å²) >= 11 is 0. The molecule has 1 aliphatic carbocycles. The smallest absolute Gasteiger partial charge is 0.227 e. The Labute approximate surface area is 129 Å². The first-order chi connectivity index (χ1) is 10.8. The second kappa shape index (κ2) is 6.27. The third-order valence-corrected chi connectivity index (χ3v) is 3.56. The molecule has 1 aliphatic rings. The van der Waals surface area contributed by atoms with Crippen molar-refractivity contribution in [2.45, 2.75) is 19.4 Å². The first-order valence-electron chi connectivity index (χ1n) is 7.25. The molecule has 5 heteroatoms. The molecule has 1 aromatic carbocycles. The number of aromatic nitrogens is 1. The minimum atomic E-state index is 0.109. The molecule has 1 heterocycles. The fourth-order valence-corrected chi connectivity index (χ4v) is 2.12. The van der Waals surface area contributed by atoms with E-state index in [-0.39, 0.29) is 11.8 Å². The van der Waals surface area contributed by atoms with Crippen molar-refractivity contribution in [1.82, 2.24) is 4.98 Å². The van der Waals surface area contributed by atoms with E-state index in [0.29, 0.717) is 17.9 Å². The van der Waals surface area contributed by atoms with Crippen molar-refractivity contribution >= 4 is 17.4 Å². The molecule has 1 fully saturated rings. The lowest BCUT2D eigenvalue weighted by Crippen LogP contribution is -2.13. The second-order valence-corrected chi connectivity index (χ2v) is 5.33. The van der Waals surface area contributed by atoms with Gasteiger partial charge in [-0.25, -0.2) is 4.98 Å². The third kappa shape index (κ3) is 3.41. The van der Waals surface area contributed by atoms with Gasteiger partial charge < -0.3 is 10.6 Å². The molecule has 22 heavy (non-hydrogen) atoms. The number of carbonyl (C=O) groups is 1. The maximum atomic E-state index is 11.7. The SMILES string of the molecule is N#Cc1cccnc1NCc1ccc(NC(=O)C2CC2)cc1. The van der Waals surface area contributed by atoms with Gasteiger partial charge in [0, 0.05) is 24.3 Å². The number of pyridine rings is 1. The summed E-state index contributed by atoms with van der Waals surface area (Å²) in [4.78, 5) is 15.8. The first kappa shape index (κ1) is 14.1. The van der Waals surface area contributed by atoms with Gasteiger partial charge in [0.2, 0.25) is 5.91 Å². The van der Waals surface area contributed by atoms with Crippen LogP contribution in [0.15, 0.2) is 42.6 Å².